The molecule has 0 saturated heterocycles. The molecule has 1 aromatic carbocycles. The SMILES string of the molecule is CC(C)(CCCOc1ccc(F)cc1F)C(=O)NC1CCC(Oc2cncc(Cl)c2)CC1. The first-order chi connectivity index (χ1) is 15.2. The van der Waals surface area contributed by atoms with Crippen molar-refractivity contribution in [2.24, 2.45) is 5.41 Å². The van der Waals surface area contributed by atoms with Gasteiger partial charge in [-0.15, -0.1) is 0 Å². The van der Waals surface area contributed by atoms with Crippen LogP contribution in [0.1, 0.15) is 52.4 Å². The summed E-state index contributed by atoms with van der Waals surface area (Å²) in [4.78, 5) is 16.8. The maximum atomic E-state index is 13.6. The Bertz CT molecular complexity index is 918. The molecule has 1 fully saturated rings. The number of nitrogens with one attached hydrogen (secondary N) is 1. The lowest BCUT2D eigenvalue weighted by Gasteiger charge is -2.32. The van der Waals surface area contributed by atoms with Gasteiger partial charge in [0, 0.05) is 29.8 Å². The number of carbonyl (C=O) groups excluding carboxylic acids is 1. The molecule has 0 aliphatic heterocycles. The molecule has 0 atom stereocenters. The minimum Gasteiger partial charge on any atom is -0.491 e. The molecule has 0 bridgehead atoms. The van der Waals surface area contributed by atoms with Crippen LogP contribution in [0.4, 0.5) is 8.78 Å². The number of benzene rings is 1. The van der Waals surface area contributed by atoms with Gasteiger partial charge in [0.1, 0.15) is 11.6 Å². The first-order valence-corrected chi connectivity index (χ1v) is 11.3. The second kappa shape index (κ2) is 10.9. The van der Waals surface area contributed by atoms with Gasteiger partial charge in [-0.2, -0.15) is 0 Å². The van der Waals surface area contributed by atoms with Gasteiger partial charge >= 0.3 is 0 Å². The normalized spacial score (nSPS) is 18.8. The van der Waals surface area contributed by atoms with Gasteiger partial charge < -0.3 is 14.8 Å². The fourth-order valence-corrected chi connectivity index (χ4v) is 3.92. The molecular formula is C24H29ClF2N2O3. The van der Waals surface area contributed by atoms with Crippen molar-refractivity contribution in [1.82, 2.24) is 10.3 Å². The van der Waals surface area contributed by atoms with E-state index in [1.807, 2.05) is 13.8 Å². The van der Waals surface area contributed by atoms with Crippen LogP contribution in [0.3, 0.4) is 0 Å². The van der Waals surface area contributed by atoms with Crippen LogP contribution in [0.5, 0.6) is 11.5 Å². The predicted molar refractivity (Wildman–Crippen MR) is 119 cm³/mol. The van der Waals surface area contributed by atoms with Gasteiger partial charge in [-0.05, 0) is 50.7 Å². The van der Waals surface area contributed by atoms with E-state index in [0.717, 1.165) is 37.8 Å². The molecular weight excluding hydrogens is 438 g/mol. The summed E-state index contributed by atoms with van der Waals surface area (Å²) in [6.45, 7) is 4.03. The van der Waals surface area contributed by atoms with Crippen molar-refractivity contribution >= 4 is 17.5 Å². The average Bonchev–Trinajstić information content (AvgIpc) is 2.74. The zero-order chi connectivity index (χ0) is 23.1. The summed E-state index contributed by atoms with van der Waals surface area (Å²) in [6.07, 6.45) is 7.82. The first kappa shape index (κ1) is 24.2. The molecule has 1 saturated carbocycles. The second-order valence-electron chi connectivity index (χ2n) is 8.81. The molecule has 8 heteroatoms. The molecule has 174 valence electrons. The van der Waals surface area contributed by atoms with E-state index in [4.69, 9.17) is 21.1 Å². The third kappa shape index (κ3) is 7.05. The van der Waals surface area contributed by atoms with Crippen molar-refractivity contribution < 1.29 is 23.0 Å². The topological polar surface area (TPSA) is 60.5 Å². The Morgan fingerprint density at radius 1 is 1.19 bits per heavy atom. The maximum absolute atomic E-state index is 13.6. The molecule has 32 heavy (non-hydrogen) atoms. The minimum atomic E-state index is -0.729. The van der Waals surface area contributed by atoms with E-state index in [1.54, 1.807) is 18.5 Å². The van der Waals surface area contributed by atoms with Crippen LogP contribution in [0.15, 0.2) is 36.7 Å². The average molecular weight is 467 g/mol. The van der Waals surface area contributed by atoms with Crippen LogP contribution in [-0.2, 0) is 4.79 Å². The molecule has 0 spiro atoms. The van der Waals surface area contributed by atoms with E-state index in [2.05, 4.69) is 10.3 Å². The number of amides is 1. The summed E-state index contributed by atoms with van der Waals surface area (Å²) in [5.41, 5.74) is -0.579. The summed E-state index contributed by atoms with van der Waals surface area (Å²) in [6, 6.07) is 5.08. The van der Waals surface area contributed by atoms with Crippen LogP contribution >= 0.6 is 11.6 Å². The van der Waals surface area contributed by atoms with Gasteiger partial charge in [-0.25, -0.2) is 8.78 Å². The summed E-state index contributed by atoms with van der Waals surface area (Å²) in [5, 5.41) is 3.70. The van der Waals surface area contributed by atoms with E-state index in [0.29, 0.717) is 23.6 Å². The molecule has 1 N–H and O–H groups in total. The van der Waals surface area contributed by atoms with E-state index in [9.17, 15) is 13.6 Å². The highest BCUT2D eigenvalue weighted by Gasteiger charge is 2.31. The van der Waals surface area contributed by atoms with Crippen LogP contribution < -0.4 is 14.8 Å². The van der Waals surface area contributed by atoms with Gasteiger partial charge in [-0.3, -0.25) is 9.78 Å². The predicted octanol–water partition coefficient (Wildman–Crippen LogP) is 5.70. The first-order valence-electron chi connectivity index (χ1n) is 10.9. The molecule has 0 unspecified atom stereocenters. The number of nitrogens with zero attached hydrogens (tertiary/aromatic N) is 1. The van der Waals surface area contributed by atoms with Crippen molar-refractivity contribution in [3.8, 4) is 11.5 Å². The zero-order valence-electron chi connectivity index (χ0n) is 18.4. The lowest BCUT2D eigenvalue weighted by molar-refractivity contribution is -0.130. The fourth-order valence-electron chi connectivity index (χ4n) is 3.76. The smallest absolute Gasteiger partial charge is 0.225 e. The highest BCUT2D eigenvalue weighted by Crippen LogP contribution is 2.28. The van der Waals surface area contributed by atoms with Gasteiger partial charge in [-0.1, -0.05) is 25.4 Å². The zero-order valence-corrected chi connectivity index (χ0v) is 19.1. The van der Waals surface area contributed by atoms with E-state index in [-0.39, 0.29) is 30.4 Å². The molecule has 1 aromatic heterocycles. The summed E-state index contributed by atoms with van der Waals surface area (Å²) >= 11 is 5.95. The van der Waals surface area contributed by atoms with Crippen LogP contribution in [0, 0.1) is 17.0 Å². The molecule has 1 heterocycles. The van der Waals surface area contributed by atoms with Gasteiger partial charge in [0.15, 0.2) is 11.6 Å². The number of halogens is 3. The third-order valence-corrected chi connectivity index (χ3v) is 5.91. The molecule has 2 aromatic rings. The molecule has 1 aliphatic rings. The maximum Gasteiger partial charge on any atom is 0.225 e. The number of carbonyl (C=O) groups is 1. The molecule has 3 rings (SSSR count). The molecule has 1 aliphatic carbocycles. The van der Waals surface area contributed by atoms with Gasteiger partial charge in [0.05, 0.1) is 23.9 Å². The van der Waals surface area contributed by atoms with E-state index < -0.39 is 17.0 Å². The number of ether oxygens (including phenoxy) is 2. The lowest BCUT2D eigenvalue weighted by Crippen LogP contribution is -2.45. The number of rotatable bonds is 9. The lowest BCUT2D eigenvalue weighted by atomic mass is 9.85. The van der Waals surface area contributed by atoms with E-state index in [1.165, 1.54) is 6.07 Å². The van der Waals surface area contributed by atoms with Crippen LogP contribution in [0.25, 0.3) is 0 Å². The Balaban J connectivity index is 1.38. The molecule has 5 nitrogen and oxygen atoms in total. The van der Waals surface area contributed by atoms with Crippen LogP contribution in [0.2, 0.25) is 5.02 Å². The third-order valence-electron chi connectivity index (χ3n) is 5.70. The minimum absolute atomic E-state index is 0.00567. The van der Waals surface area contributed by atoms with Crippen molar-refractivity contribution in [1.29, 1.82) is 0 Å². The Kier molecular flexibility index (Phi) is 8.29. The summed E-state index contributed by atoms with van der Waals surface area (Å²) < 4.78 is 37.9. The molecule has 1 amide bonds. The second-order valence-corrected chi connectivity index (χ2v) is 9.25. The Morgan fingerprint density at radius 3 is 2.62 bits per heavy atom. The summed E-state index contributed by atoms with van der Waals surface area (Å²) in [5.74, 6) is -0.702. The van der Waals surface area contributed by atoms with E-state index >= 15 is 0 Å². The van der Waals surface area contributed by atoms with Gasteiger partial charge in [0.2, 0.25) is 5.91 Å². The van der Waals surface area contributed by atoms with Gasteiger partial charge in [0.25, 0.3) is 0 Å². The van der Waals surface area contributed by atoms with Crippen molar-refractivity contribution in [3.05, 3.63) is 53.3 Å². The number of hydrogen-bond donors (Lipinski definition) is 1. The largest absolute Gasteiger partial charge is 0.491 e. The van der Waals surface area contributed by atoms with Crippen molar-refractivity contribution in [3.63, 3.8) is 0 Å². The van der Waals surface area contributed by atoms with Crippen molar-refractivity contribution in [2.75, 3.05) is 6.61 Å². The monoisotopic (exact) mass is 466 g/mol. The highest BCUT2D eigenvalue weighted by atomic mass is 35.5. The van der Waals surface area contributed by atoms with Crippen molar-refractivity contribution in [2.45, 2.75) is 64.5 Å². The number of hydrogen-bond acceptors (Lipinski definition) is 4. The Morgan fingerprint density at radius 2 is 1.94 bits per heavy atom. The summed E-state index contributed by atoms with van der Waals surface area (Å²) in [7, 11) is 0. The standard InChI is InChI=1S/C24H29ClF2N2O3/c1-24(2,10-3-11-31-22-9-4-17(26)13-21(22)27)23(30)29-18-5-7-19(8-6-18)32-20-12-16(25)14-28-15-20/h4,9,12-15,18-19H,3,5-8,10-11H2,1-2H3,(H,29,30). The molecule has 0 radical (unpaired) electrons. The fraction of sp³-hybridized carbons (Fsp3) is 0.500. The Hall–Kier alpha value is -2.41. The number of aromatic nitrogens is 1. The highest BCUT2D eigenvalue weighted by molar-refractivity contribution is 6.30. The van der Waals surface area contributed by atoms with Crippen LogP contribution in [-0.4, -0.2) is 29.6 Å². The quantitative estimate of drug-likeness (QED) is 0.481. The number of pyridine rings is 1. The Labute approximate surface area is 192 Å².